The number of rotatable bonds is 9. The Kier molecular flexibility index (Phi) is 8.90. The molecule has 0 N–H and O–H groups in total. The number of halogens is 1. The number of ketones is 1. The number of Topliss-reactive ketones (excluding diaryl/α,β-unsaturated/α-hetero) is 1. The highest BCUT2D eigenvalue weighted by Gasteiger charge is 2.44. The highest BCUT2D eigenvalue weighted by atomic mass is 35.5. The first-order valence-corrected chi connectivity index (χ1v) is 13.2. The van der Waals surface area contributed by atoms with E-state index in [0.29, 0.717) is 66.2 Å². The molecular weight excluding hydrogens is 492 g/mol. The molecule has 0 aromatic heterocycles. The van der Waals surface area contributed by atoms with E-state index in [1.165, 1.54) is 4.90 Å². The predicted octanol–water partition coefficient (Wildman–Crippen LogP) is 3.63. The molecule has 1 amide bonds. The van der Waals surface area contributed by atoms with Crippen LogP contribution < -0.4 is 9.84 Å². The van der Waals surface area contributed by atoms with Crippen molar-refractivity contribution < 1.29 is 24.2 Å². The molecule has 7 nitrogen and oxygen atoms in total. The van der Waals surface area contributed by atoms with Crippen LogP contribution in [0.15, 0.2) is 48.0 Å². The lowest BCUT2D eigenvalue weighted by Crippen LogP contribution is -2.39. The maximum Gasteiger partial charge on any atom is 0.295 e. The Morgan fingerprint density at radius 2 is 1.81 bits per heavy atom. The summed E-state index contributed by atoms with van der Waals surface area (Å²) in [6.07, 6.45) is 0.686. The monoisotopic (exact) mass is 525 g/mol. The highest BCUT2D eigenvalue weighted by molar-refractivity contribution is 6.46. The summed E-state index contributed by atoms with van der Waals surface area (Å²) in [6.45, 7) is 10.7. The first-order valence-electron chi connectivity index (χ1n) is 12.8. The molecule has 2 saturated heterocycles. The van der Waals surface area contributed by atoms with Crippen LogP contribution in [-0.2, 0) is 14.3 Å². The van der Waals surface area contributed by atoms with Crippen LogP contribution in [0.2, 0.25) is 5.02 Å². The lowest BCUT2D eigenvalue weighted by molar-refractivity contribution is -0.245. The van der Waals surface area contributed by atoms with Gasteiger partial charge in [-0.2, -0.15) is 0 Å². The molecule has 2 heterocycles. The number of carbonyl (C=O) groups excluding carboxylic acids is 2. The van der Waals surface area contributed by atoms with E-state index in [1.807, 2.05) is 6.92 Å². The second-order valence-electron chi connectivity index (χ2n) is 10.0. The van der Waals surface area contributed by atoms with Crippen molar-refractivity contribution in [2.75, 3.05) is 46.0 Å². The van der Waals surface area contributed by atoms with Crippen molar-refractivity contribution in [1.82, 2.24) is 9.80 Å². The van der Waals surface area contributed by atoms with Crippen LogP contribution in [0, 0.1) is 12.8 Å². The van der Waals surface area contributed by atoms with Crippen molar-refractivity contribution in [3.8, 4) is 5.75 Å². The Morgan fingerprint density at radius 3 is 2.46 bits per heavy atom. The molecule has 37 heavy (non-hydrogen) atoms. The number of amides is 1. The Morgan fingerprint density at radius 1 is 1.11 bits per heavy atom. The summed E-state index contributed by atoms with van der Waals surface area (Å²) in [4.78, 5) is 30.3. The number of aryl methyl sites for hydroxylation is 1. The zero-order valence-corrected chi connectivity index (χ0v) is 22.4. The number of likely N-dealkylation sites (tertiary alicyclic amines) is 1. The van der Waals surface area contributed by atoms with Crippen LogP contribution >= 0.6 is 11.6 Å². The van der Waals surface area contributed by atoms with Crippen LogP contribution in [-0.4, -0.2) is 67.5 Å². The van der Waals surface area contributed by atoms with Gasteiger partial charge in [0.25, 0.3) is 5.91 Å². The number of benzene rings is 2. The third-order valence-corrected chi connectivity index (χ3v) is 6.97. The second-order valence-corrected chi connectivity index (χ2v) is 10.5. The minimum absolute atomic E-state index is 0.0161. The summed E-state index contributed by atoms with van der Waals surface area (Å²) < 4.78 is 11.2. The largest absolute Gasteiger partial charge is 0.872 e. The van der Waals surface area contributed by atoms with Crippen molar-refractivity contribution >= 4 is 29.1 Å². The summed E-state index contributed by atoms with van der Waals surface area (Å²) >= 11 is 6.11. The Bertz CT molecular complexity index is 1160. The lowest BCUT2D eigenvalue weighted by Gasteiger charge is -2.30. The third-order valence-electron chi connectivity index (χ3n) is 6.72. The molecule has 2 fully saturated rings. The van der Waals surface area contributed by atoms with Gasteiger partial charge in [0.1, 0.15) is 5.75 Å². The molecule has 0 aliphatic carbocycles. The number of morpholine rings is 1. The van der Waals surface area contributed by atoms with Crippen LogP contribution in [0.5, 0.6) is 5.75 Å². The first kappa shape index (κ1) is 27.2. The predicted molar refractivity (Wildman–Crippen MR) is 141 cm³/mol. The average Bonchev–Trinajstić information content (AvgIpc) is 3.13. The van der Waals surface area contributed by atoms with Crippen molar-refractivity contribution in [2.24, 2.45) is 5.92 Å². The maximum atomic E-state index is 13.8. The molecule has 0 bridgehead atoms. The van der Waals surface area contributed by atoms with Crippen molar-refractivity contribution in [2.45, 2.75) is 33.2 Å². The molecule has 1 atom stereocenters. The zero-order valence-electron chi connectivity index (χ0n) is 21.7. The second kappa shape index (κ2) is 12.1. The number of nitrogens with zero attached hydrogens (tertiary/aromatic N) is 2. The number of hydrogen-bond donors (Lipinski definition) is 0. The molecule has 4 rings (SSSR count). The highest BCUT2D eigenvalue weighted by Crippen LogP contribution is 2.39. The van der Waals surface area contributed by atoms with E-state index in [0.717, 1.165) is 19.6 Å². The standard InChI is InChI=1S/C29H35ClN2O5/c1-19(2)18-37-23-9-10-24(20(3)17-23)27(33)25-26(21-5-7-22(30)8-6-21)32(29(35)28(25)34)12-4-11-31-13-15-36-16-14-31/h5-10,17,19,26,33H,4,11-16,18H2,1-3H3/p-1. The van der Waals surface area contributed by atoms with Crippen molar-refractivity contribution in [1.29, 1.82) is 0 Å². The molecular formula is C29H34ClN2O5-. The van der Waals surface area contributed by atoms with E-state index in [1.54, 1.807) is 42.5 Å². The van der Waals surface area contributed by atoms with Crippen molar-refractivity contribution in [3.63, 3.8) is 0 Å². The number of carbonyl (C=O) groups is 2. The minimum atomic E-state index is -0.759. The molecule has 2 aliphatic rings. The fraction of sp³-hybridized carbons (Fsp3) is 0.448. The SMILES string of the molecule is Cc1cc(OCC(C)C)ccc1C([O-])=C1C(=O)C(=O)N(CCCN2CCOCC2)C1c1ccc(Cl)cc1. The molecule has 8 heteroatoms. The zero-order chi connectivity index (χ0) is 26.5. The molecule has 0 saturated carbocycles. The smallest absolute Gasteiger partial charge is 0.295 e. The van der Waals surface area contributed by atoms with E-state index in [2.05, 4.69) is 18.7 Å². The molecule has 0 spiro atoms. The van der Waals surface area contributed by atoms with Gasteiger partial charge in [0, 0.05) is 36.8 Å². The third kappa shape index (κ3) is 6.35. The molecule has 2 aromatic carbocycles. The van der Waals surface area contributed by atoms with Gasteiger partial charge in [-0.1, -0.05) is 49.4 Å². The van der Waals surface area contributed by atoms with Crippen molar-refractivity contribution in [3.05, 3.63) is 69.8 Å². The van der Waals surface area contributed by atoms with Gasteiger partial charge in [-0.25, -0.2) is 0 Å². The van der Waals surface area contributed by atoms with E-state index in [9.17, 15) is 14.7 Å². The van der Waals surface area contributed by atoms with E-state index in [4.69, 9.17) is 21.1 Å². The van der Waals surface area contributed by atoms with Gasteiger partial charge in [-0.05, 0) is 60.2 Å². The van der Waals surface area contributed by atoms with Crippen LogP contribution in [0.3, 0.4) is 0 Å². The van der Waals surface area contributed by atoms with E-state index >= 15 is 0 Å². The molecule has 2 aliphatic heterocycles. The molecule has 1 unspecified atom stereocenters. The minimum Gasteiger partial charge on any atom is -0.872 e. The normalized spacial score (nSPS) is 20.1. The van der Waals surface area contributed by atoms with Gasteiger partial charge in [0.15, 0.2) is 0 Å². The number of ether oxygens (including phenoxy) is 2. The molecule has 198 valence electrons. The first-order chi connectivity index (χ1) is 17.8. The summed E-state index contributed by atoms with van der Waals surface area (Å²) in [5, 5.41) is 14.3. The maximum absolute atomic E-state index is 13.8. The topological polar surface area (TPSA) is 82.1 Å². The van der Waals surface area contributed by atoms with Gasteiger partial charge >= 0.3 is 0 Å². The summed E-state index contributed by atoms with van der Waals surface area (Å²) in [5.74, 6) is -0.771. The average molecular weight is 526 g/mol. The summed E-state index contributed by atoms with van der Waals surface area (Å²) in [7, 11) is 0. The number of hydrogen-bond acceptors (Lipinski definition) is 6. The Labute approximate surface area is 223 Å². The Hall–Kier alpha value is -2.87. The Balaban J connectivity index is 1.65. The van der Waals surface area contributed by atoms with E-state index in [-0.39, 0.29) is 5.57 Å². The van der Waals surface area contributed by atoms with E-state index < -0.39 is 23.5 Å². The lowest BCUT2D eigenvalue weighted by atomic mass is 9.94. The quantitative estimate of drug-likeness (QED) is 0.282. The fourth-order valence-corrected chi connectivity index (χ4v) is 4.90. The van der Waals surface area contributed by atoms with Crippen LogP contribution in [0.4, 0.5) is 0 Å². The van der Waals surface area contributed by atoms with Crippen LogP contribution in [0.25, 0.3) is 5.76 Å². The van der Waals surface area contributed by atoms with Gasteiger partial charge in [-0.3, -0.25) is 14.5 Å². The van der Waals surface area contributed by atoms with Gasteiger partial charge in [0.2, 0.25) is 5.78 Å². The van der Waals surface area contributed by atoms with Gasteiger partial charge < -0.3 is 19.5 Å². The molecule has 2 aromatic rings. The fourth-order valence-electron chi connectivity index (χ4n) is 4.77. The summed E-state index contributed by atoms with van der Waals surface area (Å²) in [6, 6.07) is 11.4. The van der Waals surface area contributed by atoms with Gasteiger partial charge in [-0.15, -0.1) is 0 Å². The van der Waals surface area contributed by atoms with Crippen LogP contribution in [0.1, 0.15) is 43.0 Å². The molecule has 0 radical (unpaired) electrons. The van der Waals surface area contributed by atoms with Gasteiger partial charge in [0.05, 0.1) is 25.9 Å². The summed E-state index contributed by atoms with van der Waals surface area (Å²) in [5.41, 5.74) is 1.76.